The number of aryl methyl sites for hydroxylation is 1. The van der Waals surface area contributed by atoms with Gasteiger partial charge < -0.3 is 4.42 Å². The first-order chi connectivity index (χ1) is 8.36. The fraction of sp³-hybridized carbons (Fsp3) is 0.231. The first-order valence-corrected chi connectivity index (χ1v) is 5.77. The minimum absolute atomic E-state index is 0.629. The number of fused-ring (bicyclic) bond motifs is 1. The number of hydrogen-bond donors (Lipinski definition) is 1. The van der Waals surface area contributed by atoms with Crippen molar-refractivity contribution in [1.82, 2.24) is 15.2 Å². The molecule has 86 valence electrons. The predicted molar refractivity (Wildman–Crippen MR) is 65.6 cm³/mol. The molecule has 1 aromatic carbocycles. The third kappa shape index (κ3) is 1.82. The van der Waals surface area contributed by atoms with Crippen LogP contribution in [0.1, 0.15) is 19.2 Å². The SMILES string of the molecule is CCCc1nc(-c2cc3ccccc3o2)n[nH]1. The highest BCUT2D eigenvalue weighted by Gasteiger charge is 2.10. The van der Waals surface area contributed by atoms with Crippen LogP contribution in [0.5, 0.6) is 0 Å². The van der Waals surface area contributed by atoms with Gasteiger partial charge in [-0.25, -0.2) is 4.98 Å². The molecule has 4 nitrogen and oxygen atoms in total. The summed E-state index contributed by atoms with van der Waals surface area (Å²) in [5.74, 6) is 2.25. The molecule has 0 radical (unpaired) electrons. The van der Waals surface area contributed by atoms with E-state index in [0.29, 0.717) is 11.6 Å². The van der Waals surface area contributed by atoms with Crippen LogP contribution in [0.25, 0.3) is 22.6 Å². The molecule has 0 saturated heterocycles. The van der Waals surface area contributed by atoms with E-state index in [1.807, 2.05) is 30.3 Å². The van der Waals surface area contributed by atoms with Crippen molar-refractivity contribution in [1.29, 1.82) is 0 Å². The van der Waals surface area contributed by atoms with E-state index in [9.17, 15) is 0 Å². The maximum absolute atomic E-state index is 5.70. The average molecular weight is 227 g/mol. The molecule has 0 aliphatic rings. The van der Waals surface area contributed by atoms with Gasteiger partial charge in [-0.1, -0.05) is 25.1 Å². The monoisotopic (exact) mass is 227 g/mol. The van der Waals surface area contributed by atoms with Crippen LogP contribution in [0.2, 0.25) is 0 Å². The summed E-state index contributed by atoms with van der Waals surface area (Å²) in [4.78, 5) is 4.41. The molecule has 0 saturated carbocycles. The van der Waals surface area contributed by atoms with E-state index >= 15 is 0 Å². The fourth-order valence-electron chi connectivity index (χ4n) is 1.85. The van der Waals surface area contributed by atoms with Crippen LogP contribution in [0, 0.1) is 0 Å². The standard InChI is InChI=1S/C13H13N3O/c1-2-5-12-14-13(16-15-12)11-8-9-6-3-4-7-10(9)17-11/h3-4,6-8H,2,5H2,1H3,(H,14,15,16). The summed E-state index contributed by atoms with van der Waals surface area (Å²) < 4.78 is 5.70. The van der Waals surface area contributed by atoms with Crippen molar-refractivity contribution in [3.05, 3.63) is 36.2 Å². The summed E-state index contributed by atoms with van der Waals surface area (Å²) in [5.41, 5.74) is 0.865. The lowest BCUT2D eigenvalue weighted by atomic mass is 10.2. The lowest BCUT2D eigenvalue weighted by Gasteiger charge is -1.87. The number of nitrogens with zero attached hydrogens (tertiary/aromatic N) is 2. The molecule has 0 aliphatic carbocycles. The minimum atomic E-state index is 0.629. The van der Waals surface area contributed by atoms with E-state index in [2.05, 4.69) is 22.1 Å². The van der Waals surface area contributed by atoms with Gasteiger partial charge >= 0.3 is 0 Å². The maximum atomic E-state index is 5.70. The molecule has 1 N–H and O–H groups in total. The second kappa shape index (κ2) is 4.05. The topological polar surface area (TPSA) is 54.7 Å². The number of hydrogen-bond acceptors (Lipinski definition) is 3. The molecule has 0 fully saturated rings. The molecule has 0 atom stereocenters. The number of benzene rings is 1. The molecular formula is C13H13N3O. The average Bonchev–Trinajstić information content (AvgIpc) is 2.94. The third-order valence-corrected chi connectivity index (χ3v) is 2.66. The van der Waals surface area contributed by atoms with Gasteiger partial charge in [0.1, 0.15) is 11.4 Å². The molecule has 2 heterocycles. The molecule has 17 heavy (non-hydrogen) atoms. The Bertz CT molecular complexity index is 606. The van der Waals surface area contributed by atoms with Crippen LogP contribution >= 0.6 is 0 Å². The molecule has 2 aromatic heterocycles. The molecular weight excluding hydrogens is 214 g/mol. The quantitative estimate of drug-likeness (QED) is 0.747. The number of furan rings is 1. The Morgan fingerprint density at radius 2 is 2.18 bits per heavy atom. The summed E-state index contributed by atoms with van der Waals surface area (Å²) in [5, 5.41) is 8.17. The van der Waals surface area contributed by atoms with Crippen molar-refractivity contribution in [2.24, 2.45) is 0 Å². The normalized spacial score (nSPS) is 11.1. The van der Waals surface area contributed by atoms with Crippen LogP contribution in [-0.2, 0) is 6.42 Å². The predicted octanol–water partition coefficient (Wildman–Crippen LogP) is 3.17. The lowest BCUT2D eigenvalue weighted by Crippen LogP contribution is -1.84. The molecule has 4 heteroatoms. The summed E-state index contributed by atoms with van der Waals surface area (Å²) in [6, 6.07) is 9.87. The highest BCUT2D eigenvalue weighted by Crippen LogP contribution is 2.25. The number of rotatable bonds is 3. The smallest absolute Gasteiger partial charge is 0.216 e. The van der Waals surface area contributed by atoms with E-state index in [1.54, 1.807) is 0 Å². The first kappa shape index (κ1) is 10.1. The number of aromatic nitrogens is 3. The van der Waals surface area contributed by atoms with Crippen molar-refractivity contribution >= 4 is 11.0 Å². The van der Waals surface area contributed by atoms with Crippen molar-refractivity contribution in [2.45, 2.75) is 19.8 Å². The van der Waals surface area contributed by atoms with Crippen molar-refractivity contribution < 1.29 is 4.42 Å². The lowest BCUT2D eigenvalue weighted by molar-refractivity contribution is 0.625. The molecule has 0 aliphatic heterocycles. The van der Waals surface area contributed by atoms with Gasteiger partial charge in [0.25, 0.3) is 0 Å². The molecule has 0 spiro atoms. The Balaban J connectivity index is 2.01. The second-order valence-electron chi connectivity index (χ2n) is 4.00. The highest BCUT2D eigenvalue weighted by atomic mass is 16.3. The van der Waals surface area contributed by atoms with Crippen LogP contribution in [-0.4, -0.2) is 15.2 Å². The van der Waals surface area contributed by atoms with Crippen molar-refractivity contribution in [3.63, 3.8) is 0 Å². The van der Waals surface area contributed by atoms with Gasteiger partial charge in [0.05, 0.1) is 0 Å². The Labute approximate surface area is 98.7 Å². The Morgan fingerprint density at radius 3 is 3.00 bits per heavy atom. The van der Waals surface area contributed by atoms with Crippen LogP contribution in [0.3, 0.4) is 0 Å². The van der Waals surface area contributed by atoms with Crippen LogP contribution in [0.4, 0.5) is 0 Å². The summed E-state index contributed by atoms with van der Waals surface area (Å²) in [6.45, 7) is 2.11. The zero-order chi connectivity index (χ0) is 11.7. The largest absolute Gasteiger partial charge is 0.453 e. The van der Waals surface area contributed by atoms with E-state index in [1.165, 1.54) is 0 Å². The van der Waals surface area contributed by atoms with Gasteiger partial charge in [0, 0.05) is 11.8 Å². The maximum Gasteiger partial charge on any atom is 0.216 e. The highest BCUT2D eigenvalue weighted by molar-refractivity contribution is 5.81. The summed E-state index contributed by atoms with van der Waals surface area (Å²) in [7, 11) is 0. The second-order valence-corrected chi connectivity index (χ2v) is 4.00. The van der Waals surface area contributed by atoms with Gasteiger partial charge in [-0.2, -0.15) is 5.10 Å². The number of H-pyrrole nitrogens is 1. The molecule has 3 rings (SSSR count). The number of para-hydroxylation sites is 1. The molecule has 0 amide bonds. The Morgan fingerprint density at radius 1 is 1.29 bits per heavy atom. The van der Waals surface area contributed by atoms with Gasteiger partial charge in [0.15, 0.2) is 5.76 Å². The molecule has 3 aromatic rings. The number of nitrogens with one attached hydrogen (secondary N) is 1. The zero-order valence-corrected chi connectivity index (χ0v) is 9.60. The van der Waals surface area contributed by atoms with Gasteiger partial charge in [-0.15, -0.1) is 0 Å². The van der Waals surface area contributed by atoms with Crippen LogP contribution < -0.4 is 0 Å². The van der Waals surface area contributed by atoms with Gasteiger partial charge in [-0.05, 0) is 18.6 Å². The van der Waals surface area contributed by atoms with Crippen molar-refractivity contribution in [3.8, 4) is 11.6 Å². The third-order valence-electron chi connectivity index (χ3n) is 2.66. The first-order valence-electron chi connectivity index (χ1n) is 5.77. The van der Waals surface area contributed by atoms with E-state index in [-0.39, 0.29) is 0 Å². The van der Waals surface area contributed by atoms with Crippen molar-refractivity contribution in [2.75, 3.05) is 0 Å². The van der Waals surface area contributed by atoms with Crippen LogP contribution in [0.15, 0.2) is 34.7 Å². The molecule has 0 unspecified atom stereocenters. The van der Waals surface area contributed by atoms with E-state index in [4.69, 9.17) is 4.42 Å². The van der Waals surface area contributed by atoms with E-state index in [0.717, 1.165) is 29.6 Å². The Kier molecular flexibility index (Phi) is 2.40. The minimum Gasteiger partial charge on any atom is -0.453 e. The molecule has 0 bridgehead atoms. The summed E-state index contributed by atoms with van der Waals surface area (Å²) in [6.07, 6.45) is 1.96. The van der Waals surface area contributed by atoms with Gasteiger partial charge in [-0.3, -0.25) is 5.10 Å². The zero-order valence-electron chi connectivity index (χ0n) is 9.60. The Hall–Kier alpha value is -2.10. The van der Waals surface area contributed by atoms with Gasteiger partial charge in [0.2, 0.25) is 5.82 Å². The van der Waals surface area contributed by atoms with E-state index < -0.39 is 0 Å². The summed E-state index contributed by atoms with van der Waals surface area (Å²) >= 11 is 0. The number of aromatic amines is 1. The fourth-order valence-corrected chi connectivity index (χ4v) is 1.85.